The molecule has 0 saturated carbocycles. The van der Waals surface area contributed by atoms with Crippen LogP contribution in [0.2, 0.25) is 0 Å². The third-order valence-corrected chi connectivity index (χ3v) is 11.1. The van der Waals surface area contributed by atoms with E-state index < -0.39 is 109 Å². The largest absolute Gasteiger partial charge is 0.394 e. The second kappa shape index (κ2) is 22.5. The zero-order valence-corrected chi connectivity index (χ0v) is 34.9. The summed E-state index contributed by atoms with van der Waals surface area (Å²) in [6.45, 7) is 11.0. The van der Waals surface area contributed by atoms with Crippen LogP contribution in [0.5, 0.6) is 0 Å². The van der Waals surface area contributed by atoms with Gasteiger partial charge in [0, 0.05) is 31.5 Å². The second-order valence-corrected chi connectivity index (χ2v) is 16.9. The molecule has 3 aliphatic heterocycles. The van der Waals surface area contributed by atoms with Crippen LogP contribution in [0, 0.1) is 11.8 Å². The summed E-state index contributed by atoms with van der Waals surface area (Å²) in [5, 5.41) is 71.7. The molecule has 6 unspecified atom stereocenters. The fraction of sp³-hybridized carbons (Fsp3) is 0.756. The van der Waals surface area contributed by atoms with Crippen molar-refractivity contribution in [3.63, 3.8) is 0 Å². The lowest BCUT2D eigenvalue weighted by Crippen LogP contribution is -2.69. The minimum atomic E-state index is -1.73. The Labute approximate surface area is 344 Å². The molecule has 15 atom stereocenters. The summed E-state index contributed by atoms with van der Waals surface area (Å²) >= 11 is 0. The number of aromatic amines is 1. The molecule has 1 aromatic rings. The van der Waals surface area contributed by atoms with Gasteiger partial charge in [-0.1, -0.05) is 37.1 Å². The molecular formula is C41H66N4O14. The first-order valence-electron chi connectivity index (χ1n) is 20.7. The van der Waals surface area contributed by atoms with Crippen molar-refractivity contribution in [3.8, 4) is 0 Å². The van der Waals surface area contributed by atoms with Crippen molar-refractivity contribution >= 4 is 11.8 Å². The number of aliphatic hydroxyl groups excluding tert-OH is 6. The monoisotopic (exact) mass is 838 g/mol. The molecule has 18 nitrogen and oxygen atoms in total. The lowest BCUT2D eigenvalue weighted by atomic mass is 9.91. The van der Waals surface area contributed by atoms with Crippen LogP contribution >= 0.6 is 0 Å². The maximum Gasteiger partial charge on any atom is 0.330 e. The highest BCUT2D eigenvalue weighted by Crippen LogP contribution is 2.34. The fourth-order valence-corrected chi connectivity index (χ4v) is 7.70. The van der Waals surface area contributed by atoms with Crippen molar-refractivity contribution < 1.29 is 59.2 Å². The van der Waals surface area contributed by atoms with Crippen molar-refractivity contribution in [2.45, 2.75) is 179 Å². The van der Waals surface area contributed by atoms with E-state index >= 15 is 0 Å². The van der Waals surface area contributed by atoms with Crippen molar-refractivity contribution in [1.82, 2.24) is 20.2 Å². The average molecular weight is 839 g/mol. The molecule has 0 spiro atoms. The Morgan fingerprint density at radius 2 is 1.34 bits per heavy atom. The zero-order chi connectivity index (χ0) is 43.6. The van der Waals surface area contributed by atoms with Gasteiger partial charge >= 0.3 is 5.69 Å². The van der Waals surface area contributed by atoms with Crippen LogP contribution < -0.4 is 21.9 Å². The highest BCUT2D eigenvalue weighted by molar-refractivity contribution is 5.77. The van der Waals surface area contributed by atoms with Crippen LogP contribution in [0.25, 0.3) is 0 Å². The van der Waals surface area contributed by atoms with E-state index in [1.807, 2.05) is 41.5 Å². The number of amides is 2. The molecule has 59 heavy (non-hydrogen) atoms. The van der Waals surface area contributed by atoms with Crippen LogP contribution in [0.1, 0.15) is 106 Å². The third kappa shape index (κ3) is 13.9. The SMILES string of the molecule is CC(C)=CCC[C@H](C)CC(=O)NC1C(O)C(O)[C@H](CO)O[C@@H]1O[C@@H]1O[C@H](C[C@@H](O)[C@@H]2CC[C@H](n3ccc(=O)[nH]c3=O)O2)C(O)C(O)C1NC(=O)C[C@@H](C)CCC=C(C)C. The number of ether oxygens (including phenoxy) is 4. The quantitative estimate of drug-likeness (QED) is 0.0854. The van der Waals surface area contributed by atoms with Gasteiger partial charge < -0.3 is 60.2 Å². The predicted molar refractivity (Wildman–Crippen MR) is 213 cm³/mol. The zero-order valence-electron chi connectivity index (χ0n) is 34.9. The highest BCUT2D eigenvalue weighted by Gasteiger charge is 2.52. The van der Waals surface area contributed by atoms with Gasteiger partial charge in [-0.05, 0) is 78.1 Å². The van der Waals surface area contributed by atoms with E-state index in [0.717, 1.165) is 24.0 Å². The third-order valence-electron chi connectivity index (χ3n) is 11.1. The number of carbonyl (C=O) groups excluding carboxylic acids is 2. The summed E-state index contributed by atoms with van der Waals surface area (Å²) in [7, 11) is 0. The van der Waals surface area contributed by atoms with Gasteiger partial charge in [-0.15, -0.1) is 0 Å². The molecule has 0 radical (unpaired) electrons. The van der Waals surface area contributed by atoms with E-state index in [-0.39, 0.29) is 31.1 Å². The highest BCUT2D eigenvalue weighted by atomic mass is 16.8. The van der Waals surface area contributed by atoms with Crippen molar-refractivity contribution in [2.75, 3.05) is 6.61 Å². The Morgan fingerprint density at radius 3 is 1.83 bits per heavy atom. The number of aliphatic hydroxyl groups is 6. The molecule has 0 aliphatic carbocycles. The minimum absolute atomic E-state index is 0.0481. The molecule has 1 aromatic heterocycles. The molecule has 0 aromatic carbocycles. The van der Waals surface area contributed by atoms with Crippen molar-refractivity contribution in [1.29, 1.82) is 0 Å². The van der Waals surface area contributed by atoms with Crippen LogP contribution in [0.3, 0.4) is 0 Å². The molecule has 18 heteroatoms. The van der Waals surface area contributed by atoms with Gasteiger partial charge in [0.2, 0.25) is 11.8 Å². The van der Waals surface area contributed by atoms with E-state index in [9.17, 15) is 49.8 Å². The Kier molecular flexibility index (Phi) is 18.5. The maximum absolute atomic E-state index is 13.4. The van der Waals surface area contributed by atoms with Crippen LogP contribution in [0.4, 0.5) is 0 Å². The van der Waals surface area contributed by atoms with Gasteiger partial charge in [-0.3, -0.25) is 23.9 Å². The lowest BCUT2D eigenvalue weighted by molar-refractivity contribution is -0.347. The number of rotatable bonds is 19. The number of aromatic nitrogens is 2. The molecule has 2 amide bonds. The summed E-state index contributed by atoms with van der Waals surface area (Å²) < 4.78 is 25.5. The Balaban J connectivity index is 1.55. The van der Waals surface area contributed by atoms with Gasteiger partial charge in [0.05, 0.1) is 24.9 Å². The van der Waals surface area contributed by atoms with E-state index in [1.165, 1.54) is 16.8 Å². The van der Waals surface area contributed by atoms with Crippen molar-refractivity contribution in [2.24, 2.45) is 11.8 Å². The van der Waals surface area contributed by atoms with E-state index in [0.29, 0.717) is 25.7 Å². The smallest absolute Gasteiger partial charge is 0.330 e. The van der Waals surface area contributed by atoms with E-state index in [1.54, 1.807) is 0 Å². The maximum atomic E-state index is 13.4. The summed E-state index contributed by atoms with van der Waals surface area (Å²) in [6.07, 6.45) is -6.77. The first-order valence-corrected chi connectivity index (χ1v) is 20.7. The minimum Gasteiger partial charge on any atom is -0.394 e. The Morgan fingerprint density at radius 1 is 0.831 bits per heavy atom. The molecule has 3 saturated heterocycles. The Hall–Kier alpha value is -3.30. The van der Waals surface area contributed by atoms with Gasteiger partial charge in [-0.25, -0.2) is 4.79 Å². The topological polar surface area (TPSA) is 271 Å². The average Bonchev–Trinajstić information content (AvgIpc) is 3.65. The van der Waals surface area contributed by atoms with Gasteiger partial charge in [-0.2, -0.15) is 0 Å². The van der Waals surface area contributed by atoms with E-state index in [4.69, 9.17) is 18.9 Å². The number of hydrogen-bond donors (Lipinski definition) is 9. The summed E-state index contributed by atoms with van der Waals surface area (Å²) in [5.74, 6) is -1.07. The van der Waals surface area contributed by atoms with Crippen LogP contribution in [-0.2, 0) is 28.5 Å². The molecule has 3 aliphatic rings. The number of nitrogens with zero attached hydrogens (tertiary/aromatic N) is 1. The molecule has 0 bridgehead atoms. The molecule has 3 fully saturated rings. The Bertz CT molecular complexity index is 1690. The summed E-state index contributed by atoms with van der Waals surface area (Å²) in [4.78, 5) is 52.8. The standard InChI is InChI=1S/C41H66N4O14/c1-21(2)9-7-11-23(5)17-30(49)42-33-37(53)35(51)27(19-25(47)26-13-14-32(56-26)45-16-15-29(48)44-41(45)55)57-39(33)59-40-34(38(54)36(52)28(20-46)58-40)43-31(50)18-24(6)12-8-10-22(3)4/h9-10,15-16,23-28,32-40,46-47,51-54H,7-8,11-14,17-20H2,1-6H3,(H,42,49)(H,43,50)(H,44,48,55)/t23-,24-,25+,26-,27+,28-,32+,33?,34?,35?,36?,37?,38?,39-,40+/m0/s1. The second-order valence-electron chi connectivity index (χ2n) is 16.9. The molecule has 4 rings (SSSR count). The van der Waals surface area contributed by atoms with Crippen LogP contribution in [0.15, 0.2) is 45.2 Å². The van der Waals surface area contributed by atoms with Gasteiger partial charge in [0.1, 0.15) is 48.8 Å². The summed E-state index contributed by atoms with van der Waals surface area (Å²) in [5.41, 5.74) is 1.04. The summed E-state index contributed by atoms with van der Waals surface area (Å²) in [6, 6.07) is -1.67. The normalized spacial score (nSPS) is 32.4. The molecule has 4 heterocycles. The molecular weight excluding hydrogens is 772 g/mol. The number of hydrogen-bond acceptors (Lipinski definition) is 14. The van der Waals surface area contributed by atoms with Gasteiger partial charge in [0.15, 0.2) is 12.6 Å². The first kappa shape index (κ1) is 48.4. The molecule has 9 N–H and O–H groups in total. The number of allylic oxidation sites excluding steroid dienone is 4. The number of H-pyrrole nitrogens is 1. The van der Waals surface area contributed by atoms with Gasteiger partial charge in [0.25, 0.3) is 5.56 Å². The molecule has 334 valence electrons. The number of carbonyl (C=O) groups is 2. The lowest BCUT2D eigenvalue weighted by Gasteiger charge is -2.47. The predicted octanol–water partition coefficient (Wildman–Crippen LogP) is 0.382. The van der Waals surface area contributed by atoms with Crippen molar-refractivity contribution in [3.05, 3.63) is 56.4 Å². The fourth-order valence-electron chi connectivity index (χ4n) is 7.70. The first-order chi connectivity index (χ1) is 27.9. The number of nitrogens with one attached hydrogen (secondary N) is 3. The van der Waals surface area contributed by atoms with E-state index in [2.05, 4.69) is 27.8 Å². The van der Waals surface area contributed by atoms with Crippen LogP contribution in [-0.4, -0.2) is 132 Å².